The summed E-state index contributed by atoms with van der Waals surface area (Å²) in [6, 6.07) is 14.0. The highest BCUT2D eigenvalue weighted by Crippen LogP contribution is 2.28. The Hall–Kier alpha value is -2.95. The van der Waals surface area contributed by atoms with Gasteiger partial charge in [-0.1, -0.05) is 12.1 Å². The molecule has 0 atom stereocenters. The molecule has 1 aromatic heterocycles. The highest BCUT2D eigenvalue weighted by atomic mass is 19.1. The molecule has 0 saturated carbocycles. The topological polar surface area (TPSA) is 48.4 Å². The number of carbonyl (C=O) groups is 1. The summed E-state index contributed by atoms with van der Waals surface area (Å²) in [5.41, 5.74) is 3.20. The third kappa shape index (κ3) is 3.99. The zero-order valence-electron chi connectivity index (χ0n) is 14.8. The Balaban J connectivity index is 2.05. The number of hydrogen-bond donors (Lipinski definition) is 0. The highest BCUT2D eigenvalue weighted by molar-refractivity contribution is 5.86. The molecule has 3 aromatic rings. The van der Waals surface area contributed by atoms with Crippen molar-refractivity contribution in [3.8, 4) is 17.0 Å². The number of pyridine rings is 1. The molecule has 0 bridgehead atoms. The molecule has 3 rings (SSSR count). The summed E-state index contributed by atoms with van der Waals surface area (Å²) in [5, 5.41) is 0.709. The van der Waals surface area contributed by atoms with Gasteiger partial charge in [0.2, 0.25) is 0 Å². The van der Waals surface area contributed by atoms with E-state index in [0.717, 1.165) is 22.6 Å². The van der Waals surface area contributed by atoms with E-state index in [1.807, 2.05) is 30.3 Å². The Morgan fingerprint density at radius 3 is 2.77 bits per heavy atom. The molecule has 5 heteroatoms. The molecule has 4 nitrogen and oxygen atoms in total. The number of rotatable bonds is 6. The highest BCUT2D eigenvalue weighted by Gasteiger charge is 2.11. The van der Waals surface area contributed by atoms with Crippen molar-refractivity contribution in [3.05, 3.63) is 59.9 Å². The van der Waals surface area contributed by atoms with Crippen molar-refractivity contribution in [1.29, 1.82) is 0 Å². The number of ether oxygens (including phenoxy) is 2. The van der Waals surface area contributed by atoms with E-state index in [0.29, 0.717) is 23.9 Å². The van der Waals surface area contributed by atoms with Gasteiger partial charge in [-0.05, 0) is 55.3 Å². The summed E-state index contributed by atoms with van der Waals surface area (Å²) in [4.78, 5) is 16.4. The lowest BCUT2D eigenvalue weighted by molar-refractivity contribution is -0.143. The molecular weight excluding hydrogens is 333 g/mol. The number of aryl methyl sites for hydroxylation is 1. The van der Waals surface area contributed by atoms with E-state index in [1.54, 1.807) is 20.1 Å². The molecule has 0 spiro atoms. The van der Waals surface area contributed by atoms with Crippen molar-refractivity contribution in [2.24, 2.45) is 0 Å². The standard InChI is InChI=1S/C21H20FNO3/c1-3-26-21(24)10-7-14-12-20(15-5-4-6-17(11-15)25-2)23-19-9-8-16(22)13-18(14)19/h4-6,8-9,11-13H,3,7,10H2,1-2H3. The third-order valence-electron chi connectivity index (χ3n) is 4.13. The Labute approximate surface area is 151 Å². The Morgan fingerprint density at radius 2 is 2.00 bits per heavy atom. The van der Waals surface area contributed by atoms with Gasteiger partial charge in [0.15, 0.2) is 0 Å². The molecular formula is C21H20FNO3. The lowest BCUT2D eigenvalue weighted by atomic mass is 10.0. The summed E-state index contributed by atoms with van der Waals surface area (Å²) in [6.07, 6.45) is 0.694. The summed E-state index contributed by atoms with van der Waals surface area (Å²) >= 11 is 0. The second kappa shape index (κ2) is 7.95. The fraction of sp³-hybridized carbons (Fsp3) is 0.238. The van der Waals surface area contributed by atoms with E-state index in [2.05, 4.69) is 4.98 Å². The molecule has 0 aliphatic rings. The largest absolute Gasteiger partial charge is 0.497 e. The fourth-order valence-corrected chi connectivity index (χ4v) is 2.87. The van der Waals surface area contributed by atoms with Crippen LogP contribution in [0.1, 0.15) is 18.9 Å². The summed E-state index contributed by atoms with van der Waals surface area (Å²) in [5.74, 6) is 0.138. The van der Waals surface area contributed by atoms with Crippen LogP contribution in [0.4, 0.5) is 4.39 Å². The first-order valence-electron chi connectivity index (χ1n) is 8.50. The number of hydrogen-bond acceptors (Lipinski definition) is 4. The summed E-state index contributed by atoms with van der Waals surface area (Å²) in [7, 11) is 1.61. The Morgan fingerprint density at radius 1 is 1.15 bits per heavy atom. The van der Waals surface area contributed by atoms with Gasteiger partial charge in [0, 0.05) is 17.4 Å². The minimum Gasteiger partial charge on any atom is -0.497 e. The molecule has 1 heterocycles. The van der Waals surface area contributed by atoms with Gasteiger partial charge in [-0.3, -0.25) is 4.79 Å². The predicted molar refractivity (Wildman–Crippen MR) is 98.6 cm³/mol. The monoisotopic (exact) mass is 353 g/mol. The van der Waals surface area contributed by atoms with Gasteiger partial charge in [-0.15, -0.1) is 0 Å². The van der Waals surface area contributed by atoms with Gasteiger partial charge in [0.05, 0.1) is 24.9 Å². The van der Waals surface area contributed by atoms with Crippen molar-refractivity contribution >= 4 is 16.9 Å². The number of esters is 1. The molecule has 0 fully saturated rings. The van der Waals surface area contributed by atoms with Crippen LogP contribution < -0.4 is 4.74 Å². The quantitative estimate of drug-likeness (QED) is 0.610. The van der Waals surface area contributed by atoms with Crippen LogP contribution in [0.15, 0.2) is 48.5 Å². The van der Waals surface area contributed by atoms with Crippen LogP contribution in [0.5, 0.6) is 5.75 Å². The van der Waals surface area contributed by atoms with Crippen molar-refractivity contribution in [2.75, 3.05) is 13.7 Å². The zero-order valence-corrected chi connectivity index (χ0v) is 14.8. The average molecular weight is 353 g/mol. The molecule has 0 saturated heterocycles. The predicted octanol–water partition coefficient (Wildman–Crippen LogP) is 4.55. The number of benzene rings is 2. The maximum atomic E-state index is 13.7. The minimum absolute atomic E-state index is 0.237. The van der Waals surface area contributed by atoms with Crippen molar-refractivity contribution < 1.29 is 18.7 Å². The zero-order chi connectivity index (χ0) is 18.5. The SMILES string of the molecule is CCOC(=O)CCc1cc(-c2cccc(OC)c2)nc2ccc(F)cc12. The van der Waals surface area contributed by atoms with E-state index < -0.39 is 0 Å². The Bertz CT molecular complexity index is 940. The maximum absolute atomic E-state index is 13.7. The number of carbonyl (C=O) groups excluding carboxylic acids is 1. The van der Waals surface area contributed by atoms with Crippen LogP contribution in [0, 0.1) is 5.82 Å². The smallest absolute Gasteiger partial charge is 0.306 e. The van der Waals surface area contributed by atoms with Crippen LogP contribution in [-0.4, -0.2) is 24.7 Å². The number of fused-ring (bicyclic) bond motifs is 1. The number of aromatic nitrogens is 1. The average Bonchev–Trinajstić information content (AvgIpc) is 2.66. The molecule has 0 amide bonds. The molecule has 2 aromatic carbocycles. The van der Waals surface area contributed by atoms with Crippen molar-refractivity contribution in [3.63, 3.8) is 0 Å². The first-order chi connectivity index (χ1) is 12.6. The van der Waals surface area contributed by atoms with Gasteiger partial charge < -0.3 is 9.47 Å². The lowest BCUT2D eigenvalue weighted by Gasteiger charge is -2.11. The maximum Gasteiger partial charge on any atom is 0.306 e. The Kier molecular flexibility index (Phi) is 5.46. The summed E-state index contributed by atoms with van der Waals surface area (Å²) in [6.45, 7) is 2.12. The molecule has 0 aliphatic heterocycles. The van der Waals surface area contributed by atoms with Gasteiger partial charge in [0.1, 0.15) is 11.6 Å². The van der Waals surface area contributed by atoms with E-state index in [4.69, 9.17) is 9.47 Å². The van der Waals surface area contributed by atoms with E-state index >= 15 is 0 Å². The van der Waals surface area contributed by atoms with E-state index in [9.17, 15) is 9.18 Å². The van der Waals surface area contributed by atoms with Crippen molar-refractivity contribution in [2.45, 2.75) is 19.8 Å². The van der Waals surface area contributed by atoms with Gasteiger partial charge in [-0.2, -0.15) is 0 Å². The fourth-order valence-electron chi connectivity index (χ4n) is 2.87. The normalized spacial score (nSPS) is 10.7. The molecule has 26 heavy (non-hydrogen) atoms. The van der Waals surface area contributed by atoms with Crippen molar-refractivity contribution in [1.82, 2.24) is 4.98 Å². The minimum atomic E-state index is -0.328. The first-order valence-corrected chi connectivity index (χ1v) is 8.50. The number of methoxy groups -OCH3 is 1. The molecule has 0 aliphatic carbocycles. The molecule has 0 radical (unpaired) electrons. The lowest BCUT2D eigenvalue weighted by Crippen LogP contribution is -2.06. The van der Waals surface area contributed by atoms with Crippen LogP contribution in [0.25, 0.3) is 22.2 Å². The first kappa shape index (κ1) is 17.9. The van der Waals surface area contributed by atoms with Crippen LogP contribution in [0.2, 0.25) is 0 Å². The molecule has 134 valence electrons. The van der Waals surface area contributed by atoms with E-state index in [1.165, 1.54) is 12.1 Å². The number of halogens is 1. The molecule has 0 N–H and O–H groups in total. The van der Waals surface area contributed by atoms with Crippen LogP contribution >= 0.6 is 0 Å². The van der Waals surface area contributed by atoms with Gasteiger partial charge in [-0.25, -0.2) is 9.37 Å². The summed E-state index contributed by atoms with van der Waals surface area (Å²) < 4.78 is 24.0. The van der Waals surface area contributed by atoms with Crippen LogP contribution in [0.3, 0.4) is 0 Å². The van der Waals surface area contributed by atoms with Gasteiger partial charge >= 0.3 is 5.97 Å². The van der Waals surface area contributed by atoms with Gasteiger partial charge in [0.25, 0.3) is 0 Å². The second-order valence-corrected chi connectivity index (χ2v) is 5.87. The van der Waals surface area contributed by atoms with E-state index in [-0.39, 0.29) is 18.2 Å². The number of nitrogens with zero attached hydrogens (tertiary/aromatic N) is 1. The molecule has 0 unspecified atom stereocenters. The second-order valence-electron chi connectivity index (χ2n) is 5.87. The third-order valence-corrected chi connectivity index (χ3v) is 4.13. The van der Waals surface area contributed by atoms with Crippen LogP contribution in [-0.2, 0) is 16.0 Å².